The highest BCUT2D eigenvalue weighted by Gasteiger charge is 2.40. The minimum atomic E-state index is -0.720. The Morgan fingerprint density at radius 3 is 2.88 bits per heavy atom. The van der Waals surface area contributed by atoms with E-state index in [1.54, 1.807) is 4.68 Å². The fourth-order valence-electron chi connectivity index (χ4n) is 2.37. The van der Waals surface area contributed by atoms with Gasteiger partial charge in [-0.2, -0.15) is 5.10 Å². The molecule has 5 heteroatoms. The highest BCUT2D eigenvalue weighted by Crippen LogP contribution is 2.33. The summed E-state index contributed by atoms with van der Waals surface area (Å²) in [5.41, 5.74) is -0.978. The fourth-order valence-corrected chi connectivity index (χ4v) is 2.37. The zero-order valence-corrected chi connectivity index (χ0v) is 10.1. The summed E-state index contributed by atoms with van der Waals surface area (Å²) in [5, 5.41) is 14.6. The van der Waals surface area contributed by atoms with Gasteiger partial charge in [0.15, 0.2) is 0 Å². The Morgan fingerprint density at radius 1 is 1.56 bits per heavy atom. The van der Waals surface area contributed by atoms with E-state index in [9.17, 15) is 5.11 Å². The van der Waals surface area contributed by atoms with Gasteiger partial charge in [0.1, 0.15) is 12.2 Å². The molecule has 0 amide bonds. The normalized spacial score (nSPS) is 29.2. The Balaban J connectivity index is 2.11. The van der Waals surface area contributed by atoms with Crippen LogP contribution >= 0.6 is 0 Å². The Labute approximate surface area is 95.4 Å². The van der Waals surface area contributed by atoms with Crippen molar-refractivity contribution in [2.75, 3.05) is 6.61 Å². The monoisotopic (exact) mass is 225 g/mol. The molecule has 1 aliphatic heterocycles. The molecular weight excluding hydrogens is 206 g/mol. The van der Waals surface area contributed by atoms with Gasteiger partial charge in [0.05, 0.1) is 17.8 Å². The third kappa shape index (κ3) is 2.41. The van der Waals surface area contributed by atoms with Crippen LogP contribution in [-0.4, -0.2) is 37.7 Å². The molecule has 0 aliphatic carbocycles. The molecule has 0 radical (unpaired) electrons. The standard InChI is InChI=1S/C11H19N3O2/c1-10(2)7-11(15,4-5-16-10)6-9-12-8-13-14(9)3/h8,15H,4-7H2,1-3H3. The van der Waals surface area contributed by atoms with Gasteiger partial charge in [-0.05, 0) is 13.8 Å². The molecule has 0 spiro atoms. The second kappa shape index (κ2) is 3.82. The number of ether oxygens (including phenoxy) is 1. The summed E-state index contributed by atoms with van der Waals surface area (Å²) < 4.78 is 7.32. The van der Waals surface area contributed by atoms with E-state index in [2.05, 4.69) is 10.1 Å². The summed E-state index contributed by atoms with van der Waals surface area (Å²) in [4.78, 5) is 4.15. The summed E-state index contributed by atoms with van der Waals surface area (Å²) in [7, 11) is 1.84. The van der Waals surface area contributed by atoms with Gasteiger partial charge in [0.25, 0.3) is 0 Å². The average molecular weight is 225 g/mol. The van der Waals surface area contributed by atoms with Crippen LogP contribution in [-0.2, 0) is 18.2 Å². The first-order valence-corrected chi connectivity index (χ1v) is 5.59. The van der Waals surface area contributed by atoms with Crippen molar-refractivity contribution in [3.05, 3.63) is 12.2 Å². The summed E-state index contributed by atoms with van der Waals surface area (Å²) in [6, 6.07) is 0. The van der Waals surface area contributed by atoms with Crippen LogP contribution in [0.15, 0.2) is 6.33 Å². The molecule has 0 saturated carbocycles. The third-order valence-corrected chi connectivity index (χ3v) is 3.11. The maximum Gasteiger partial charge on any atom is 0.138 e. The molecule has 0 aromatic carbocycles. The summed E-state index contributed by atoms with van der Waals surface area (Å²) in [6.07, 6.45) is 3.34. The second-order valence-corrected chi connectivity index (χ2v) is 5.24. The Bertz CT molecular complexity index is 375. The van der Waals surface area contributed by atoms with Crippen LogP contribution < -0.4 is 0 Å². The van der Waals surface area contributed by atoms with Crippen molar-refractivity contribution in [3.8, 4) is 0 Å². The van der Waals surface area contributed by atoms with Crippen LogP contribution in [0.25, 0.3) is 0 Å². The van der Waals surface area contributed by atoms with E-state index in [1.165, 1.54) is 6.33 Å². The Hall–Kier alpha value is -0.940. The Kier molecular flexibility index (Phi) is 2.75. The van der Waals surface area contributed by atoms with Crippen molar-refractivity contribution in [1.82, 2.24) is 14.8 Å². The number of aromatic nitrogens is 3. The number of hydrogen-bond donors (Lipinski definition) is 1. The minimum absolute atomic E-state index is 0.258. The van der Waals surface area contributed by atoms with Crippen LogP contribution in [0.5, 0.6) is 0 Å². The zero-order chi connectivity index (χ0) is 11.8. The predicted octanol–water partition coefficient (Wildman–Crippen LogP) is 0.678. The topological polar surface area (TPSA) is 60.2 Å². The van der Waals surface area contributed by atoms with Gasteiger partial charge in [0.2, 0.25) is 0 Å². The zero-order valence-electron chi connectivity index (χ0n) is 10.1. The first kappa shape index (κ1) is 11.5. The highest BCUT2D eigenvalue weighted by molar-refractivity contribution is 4.99. The van der Waals surface area contributed by atoms with E-state index < -0.39 is 5.60 Å². The van der Waals surface area contributed by atoms with Crippen LogP contribution in [0.1, 0.15) is 32.5 Å². The lowest BCUT2D eigenvalue weighted by atomic mass is 9.82. The summed E-state index contributed by atoms with van der Waals surface area (Å²) in [5.74, 6) is 0.820. The van der Waals surface area contributed by atoms with Crippen molar-refractivity contribution < 1.29 is 9.84 Å². The number of hydrogen-bond acceptors (Lipinski definition) is 4. The minimum Gasteiger partial charge on any atom is -0.389 e. The molecule has 5 nitrogen and oxygen atoms in total. The molecule has 1 N–H and O–H groups in total. The lowest BCUT2D eigenvalue weighted by Gasteiger charge is -2.41. The van der Waals surface area contributed by atoms with Gasteiger partial charge in [-0.25, -0.2) is 4.98 Å². The number of aryl methyl sites for hydroxylation is 1. The Morgan fingerprint density at radius 2 is 2.31 bits per heavy atom. The average Bonchev–Trinajstić information content (AvgIpc) is 2.48. The molecule has 1 atom stereocenters. The van der Waals surface area contributed by atoms with Crippen LogP contribution in [0.2, 0.25) is 0 Å². The van der Waals surface area contributed by atoms with Crippen molar-refractivity contribution in [3.63, 3.8) is 0 Å². The van der Waals surface area contributed by atoms with Crippen molar-refractivity contribution in [1.29, 1.82) is 0 Å². The van der Waals surface area contributed by atoms with Gasteiger partial charge in [-0.1, -0.05) is 0 Å². The van der Waals surface area contributed by atoms with Crippen molar-refractivity contribution in [2.45, 2.75) is 44.3 Å². The molecular formula is C11H19N3O2. The van der Waals surface area contributed by atoms with Gasteiger partial charge in [0, 0.05) is 26.3 Å². The maximum atomic E-state index is 10.5. The van der Waals surface area contributed by atoms with Crippen LogP contribution in [0.3, 0.4) is 0 Å². The summed E-state index contributed by atoms with van der Waals surface area (Å²) in [6.45, 7) is 4.61. The lowest BCUT2D eigenvalue weighted by Crippen LogP contribution is -2.47. The molecule has 1 fully saturated rings. The number of rotatable bonds is 2. The smallest absolute Gasteiger partial charge is 0.138 e. The SMILES string of the molecule is Cn1ncnc1CC1(O)CCOC(C)(C)C1. The van der Waals surface area contributed by atoms with E-state index in [4.69, 9.17) is 4.74 Å². The largest absolute Gasteiger partial charge is 0.389 e. The van der Waals surface area contributed by atoms with Crippen LogP contribution in [0, 0.1) is 0 Å². The van der Waals surface area contributed by atoms with E-state index in [0.717, 1.165) is 5.82 Å². The molecule has 1 aromatic heterocycles. The molecule has 1 aliphatic rings. The van der Waals surface area contributed by atoms with Gasteiger partial charge < -0.3 is 9.84 Å². The van der Waals surface area contributed by atoms with E-state index in [1.807, 2.05) is 20.9 Å². The van der Waals surface area contributed by atoms with E-state index >= 15 is 0 Å². The van der Waals surface area contributed by atoms with Gasteiger partial charge in [-0.3, -0.25) is 4.68 Å². The molecule has 1 aromatic rings. The first-order chi connectivity index (χ1) is 7.40. The predicted molar refractivity (Wildman–Crippen MR) is 58.9 cm³/mol. The third-order valence-electron chi connectivity index (χ3n) is 3.11. The maximum absolute atomic E-state index is 10.5. The van der Waals surface area contributed by atoms with Gasteiger partial charge >= 0.3 is 0 Å². The molecule has 2 rings (SSSR count). The molecule has 0 bridgehead atoms. The molecule has 2 heterocycles. The van der Waals surface area contributed by atoms with E-state index in [-0.39, 0.29) is 5.60 Å². The van der Waals surface area contributed by atoms with Gasteiger partial charge in [-0.15, -0.1) is 0 Å². The quantitative estimate of drug-likeness (QED) is 0.804. The van der Waals surface area contributed by atoms with Crippen LogP contribution in [0.4, 0.5) is 0 Å². The molecule has 16 heavy (non-hydrogen) atoms. The summed E-state index contributed by atoms with van der Waals surface area (Å²) >= 11 is 0. The molecule has 1 unspecified atom stereocenters. The van der Waals surface area contributed by atoms with E-state index in [0.29, 0.717) is 25.9 Å². The number of aliphatic hydroxyl groups is 1. The fraction of sp³-hybridized carbons (Fsp3) is 0.818. The highest BCUT2D eigenvalue weighted by atomic mass is 16.5. The van der Waals surface area contributed by atoms with Crippen molar-refractivity contribution >= 4 is 0 Å². The first-order valence-electron chi connectivity index (χ1n) is 5.59. The second-order valence-electron chi connectivity index (χ2n) is 5.24. The molecule has 90 valence electrons. The molecule has 1 saturated heterocycles. The van der Waals surface area contributed by atoms with Crippen molar-refractivity contribution in [2.24, 2.45) is 7.05 Å². The lowest BCUT2D eigenvalue weighted by molar-refractivity contribution is -0.144. The number of nitrogens with zero attached hydrogens (tertiary/aromatic N) is 3.